The number of nitrogens with one attached hydrogen (secondary N) is 1. The summed E-state index contributed by atoms with van der Waals surface area (Å²) in [4.78, 5) is 98.1. The SMILES string of the molecule is CCCC(C)(C)SSCOCCCCOC(=O)CCC#Cc1cn([C@H]2C[C@H](OCS(=S)CC)[C@@H](COP(=O)(O)OP(=O)(O)OP(=O)(O)O)O2)c2ncnc(N)c12.COC(=O)NCCOCCOCCCC(=O)c1ccc(C(=O)O)c(C2=c3cc4c5c(c3Oc3c2cc2c6c3CCCN6CCC2)CCC[N+]=5CCC4)c1. The van der Waals surface area contributed by atoms with Gasteiger partial charge in [-0.1, -0.05) is 69.2 Å². The van der Waals surface area contributed by atoms with Gasteiger partial charge in [-0.2, -0.15) is 8.62 Å². The number of hydrogen-bond donors (Lipinski definition) is 7. The number of ether oxygens (including phenoxy) is 8. The molecule has 3 unspecified atom stereocenters. The maximum atomic E-state index is 13.7. The number of esters is 1. The van der Waals surface area contributed by atoms with Crippen LogP contribution < -0.4 is 35.8 Å². The van der Waals surface area contributed by atoms with E-state index < -0.39 is 70.0 Å². The number of nitrogens with zero attached hydrogens (tertiary/aromatic N) is 5. The van der Waals surface area contributed by atoms with Crippen LogP contribution in [0, 0.1) is 11.8 Å². The van der Waals surface area contributed by atoms with Crippen molar-refractivity contribution < 1.29 is 109 Å². The van der Waals surface area contributed by atoms with Crippen molar-refractivity contribution >= 4 is 118 Å². The summed E-state index contributed by atoms with van der Waals surface area (Å²) in [6.45, 7) is 14.6. The number of carboxylic acids is 1. The van der Waals surface area contributed by atoms with Gasteiger partial charge in [-0.3, -0.25) is 14.1 Å². The number of aryl methyl sites for hydroxylation is 2. The minimum atomic E-state index is -5.73. The largest absolute Gasteiger partial charge is 0.490 e. The Morgan fingerprint density at radius 2 is 1.59 bits per heavy atom. The van der Waals surface area contributed by atoms with Crippen molar-refractivity contribution in [1.82, 2.24) is 24.4 Å². The number of aromatic carboxylic acids is 1. The lowest BCUT2D eigenvalue weighted by molar-refractivity contribution is -0.143. The summed E-state index contributed by atoms with van der Waals surface area (Å²) >= 11 is 5.37. The average molecular weight is 1650 g/mol. The number of hydrogen-bond acceptors (Lipinski definition) is 25. The first-order valence-electron chi connectivity index (χ1n) is 36.5. The third-order valence-corrected chi connectivity index (χ3v) is 27.7. The number of nitrogens with two attached hydrogens (primary N) is 1. The molecule has 8 heterocycles. The summed E-state index contributed by atoms with van der Waals surface area (Å²) in [5.41, 5.74) is 16.4. The minimum Gasteiger partial charge on any atom is -0.478 e. The molecule has 0 radical (unpaired) electrons. The summed E-state index contributed by atoms with van der Waals surface area (Å²) in [5.74, 6) is 7.75. The Hall–Kier alpha value is -5.73. The number of fused-ring (bicyclic) bond motifs is 5. The molecule has 3 aromatic carbocycles. The van der Waals surface area contributed by atoms with E-state index in [2.05, 4.69) is 82.9 Å². The lowest BCUT2D eigenvalue weighted by Crippen LogP contribution is -2.45. The van der Waals surface area contributed by atoms with Gasteiger partial charge in [-0.15, -0.1) is 0 Å². The molecule has 596 valence electrons. The molecule has 6 atom stereocenters. The average Bonchev–Trinajstić information content (AvgIpc) is 1.38. The van der Waals surface area contributed by atoms with Crippen molar-refractivity contribution in [1.29, 1.82) is 0 Å². The molecule has 6 aliphatic rings. The van der Waals surface area contributed by atoms with Gasteiger partial charge in [0.25, 0.3) is 0 Å². The monoisotopic (exact) mass is 1650 g/mol. The Balaban J connectivity index is 0.000000232. The van der Waals surface area contributed by atoms with Gasteiger partial charge in [0.1, 0.15) is 60.7 Å². The van der Waals surface area contributed by atoms with E-state index >= 15 is 0 Å². The molecule has 5 aromatic rings. The number of rotatable bonds is 38. The van der Waals surface area contributed by atoms with Crippen LogP contribution in [0.15, 0.2) is 42.9 Å². The van der Waals surface area contributed by atoms with Gasteiger partial charge in [-0.25, -0.2) is 37.8 Å². The molecule has 11 rings (SSSR count). The molecule has 2 aromatic heterocycles. The highest BCUT2D eigenvalue weighted by Gasteiger charge is 2.45. The second kappa shape index (κ2) is 39.8. The molecule has 0 saturated carbocycles. The van der Waals surface area contributed by atoms with E-state index in [9.17, 15) is 47.8 Å². The minimum absolute atomic E-state index is 0.0580. The highest BCUT2D eigenvalue weighted by molar-refractivity contribution is 8.77. The van der Waals surface area contributed by atoms with Gasteiger partial charge >= 0.3 is 41.5 Å². The zero-order valence-electron chi connectivity index (χ0n) is 61.8. The molecule has 8 N–H and O–H groups in total. The number of carbonyl (C=O) groups excluding carboxylic acids is 3. The zero-order valence-corrected chi connectivity index (χ0v) is 67.7. The van der Waals surface area contributed by atoms with E-state index in [1.807, 2.05) is 23.8 Å². The van der Waals surface area contributed by atoms with Crippen molar-refractivity contribution in [3.8, 4) is 23.3 Å². The smallest absolute Gasteiger partial charge is 0.478 e. The van der Waals surface area contributed by atoms with E-state index in [0.29, 0.717) is 91.8 Å². The maximum Gasteiger partial charge on any atom is 0.490 e. The van der Waals surface area contributed by atoms with Crippen LogP contribution in [-0.2, 0) is 111 Å². The van der Waals surface area contributed by atoms with Gasteiger partial charge in [0.05, 0.1) is 80.7 Å². The Morgan fingerprint density at radius 3 is 2.34 bits per heavy atom. The Bertz CT molecular complexity index is 4510. The predicted octanol–water partition coefficient (Wildman–Crippen LogP) is 9.65. The number of aromatic nitrogens is 3. The van der Waals surface area contributed by atoms with E-state index in [1.54, 1.807) is 33.7 Å². The van der Waals surface area contributed by atoms with Gasteiger partial charge in [0, 0.05) is 115 Å². The first kappa shape index (κ1) is 85.7. The Labute approximate surface area is 648 Å². The lowest BCUT2D eigenvalue weighted by Gasteiger charge is -2.39. The van der Waals surface area contributed by atoms with E-state index in [4.69, 9.17) is 64.4 Å². The quantitative estimate of drug-likeness (QED) is 0.00277. The van der Waals surface area contributed by atoms with Crippen LogP contribution >= 0.6 is 45.1 Å². The summed E-state index contributed by atoms with van der Waals surface area (Å²) in [6, 6.07) is 9.59. The normalized spacial score (nSPS) is 18.4. The molecule has 1 amide bonds. The zero-order chi connectivity index (χ0) is 78.0. The molecular weight excluding hydrogens is 1550 g/mol. The summed E-state index contributed by atoms with van der Waals surface area (Å²) in [6.07, 6.45) is 12.7. The lowest BCUT2D eigenvalue weighted by atomic mass is 9.81. The highest BCUT2D eigenvalue weighted by atomic mass is 33.1. The molecule has 1 fully saturated rings. The second-order valence-electron chi connectivity index (χ2n) is 27.3. The number of anilines is 2. The van der Waals surface area contributed by atoms with Crippen LogP contribution in [-0.4, -0.2) is 184 Å². The molecule has 0 bridgehead atoms. The standard InChI is InChI=1S/C42H47N3O8.C30H49N4O15P3S4/c1-50-42(49)43-14-20-52-22-21-51-19-6-11-35(46)26-12-13-29(41(47)48)32(23-26)36-33-24-27-7-2-15-44-17-4-9-30(37(27)44)39(33)53-40-31-10-5-18-45-16-3-8-28(38(31)45)25-34(36)40;1-5-13-30(3,4)55-54-20-43-14-9-10-15-44-26(35)12-8-7-11-22-17-34(29-27(22)28(31)32-19-33-29)25-16-23(45-21-56(53)6-2)24(47-25)18-46-51(39,40)49-52(41,42)48-50(36,37)38/h12-13,23-25H,2-11,14-22H2,1H3,(H-,43,47,48,49);17,19,23-25H,5-6,8-10,12-16,18,20-21H2,1-4H3,(H,39,40)(H,41,42)(H2,31,32,33)(H2,36,37,38)/p+1/t;23-,24+,25+,56?/m.0/s1. The highest BCUT2D eigenvalue weighted by Crippen LogP contribution is 2.66. The van der Waals surface area contributed by atoms with Gasteiger partial charge in [0.2, 0.25) is 5.36 Å². The summed E-state index contributed by atoms with van der Waals surface area (Å²) in [5, 5.41) is 15.8. The third kappa shape index (κ3) is 23.5. The molecule has 0 aliphatic carbocycles. The fourth-order valence-corrected chi connectivity index (χ4v) is 20.2. The number of nitrogen functional groups attached to an aromatic ring is 1. The summed E-state index contributed by atoms with van der Waals surface area (Å²) in [7, 11) is -12.4. The van der Waals surface area contributed by atoms with Gasteiger partial charge in [0.15, 0.2) is 5.78 Å². The van der Waals surface area contributed by atoms with Crippen LogP contribution in [0.3, 0.4) is 0 Å². The van der Waals surface area contributed by atoms with Crippen LogP contribution in [0.25, 0.3) is 16.6 Å². The van der Waals surface area contributed by atoms with Crippen molar-refractivity contribution in [2.45, 2.75) is 160 Å². The topological polar surface area (TPSA) is 397 Å². The van der Waals surface area contributed by atoms with Gasteiger partial charge < -0.3 is 83.1 Å². The number of carbonyl (C=O) groups is 4. The van der Waals surface area contributed by atoms with E-state index in [0.717, 1.165) is 125 Å². The van der Waals surface area contributed by atoms with E-state index in [-0.39, 0.29) is 66.1 Å². The molecular formula is C72H97N7O23P3S4+. The van der Waals surface area contributed by atoms with Crippen LogP contribution in [0.5, 0.6) is 11.5 Å². The number of amides is 1. The Morgan fingerprint density at radius 1 is 0.853 bits per heavy atom. The number of phosphoric ester groups is 1. The van der Waals surface area contributed by atoms with Crippen LogP contribution in [0.2, 0.25) is 0 Å². The molecule has 37 heteroatoms. The summed E-state index contributed by atoms with van der Waals surface area (Å²) < 4.78 is 97.9. The number of Topliss-reactive ketones (excluding diaryl/α,β-unsaturated/α-hetero) is 1. The number of phosphoric acid groups is 3. The molecule has 6 aliphatic heterocycles. The number of ketones is 1. The van der Waals surface area contributed by atoms with Crippen LogP contribution in [0.1, 0.15) is 177 Å². The second-order valence-corrected chi connectivity index (χ2v) is 37.7. The molecule has 1 saturated heterocycles. The number of alkyl carbamates (subject to hydrolysis) is 1. The van der Waals surface area contributed by atoms with Crippen molar-refractivity contribution in [2.75, 3.05) is 114 Å². The maximum absolute atomic E-state index is 13.7. The van der Waals surface area contributed by atoms with Crippen molar-refractivity contribution in [3.63, 3.8) is 0 Å². The van der Waals surface area contributed by atoms with Crippen LogP contribution in [0.4, 0.5) is 16.3 Å². The van der Waals surface area contributed by atoms with Gasteiger partial charge in [-0.05, 0) is 130 Å². The van der Waals surface area contributed by atoms with Crippen molar-refractivity contribution in [2.24, 2.45) is 0 Å². The third-order valence-electron chi connectivity index (χ3n) is 18.9. The molecule has 30 nitrogen and oxygen atoms in total. The first-order chi connectivity index (χ1) is 52.2. The number of benzene rings is 3. The molecule has 109 heavy (non-hydrogen) atoms. The predicted molar refractivity (Wildman–Crippen MR) is 416 cm³/mol. The fraction of sp³-hybridized carbons (Fsp3) is 0.569. The number of unbranched alkanes of at least 4 members (excludes halogenated alkanes) is 1. The van der Waals surface area contributed by atoms with Crippen molar-refractivity contribution in [3.05, 3.63) is 104 Å². The number of carboxylic acid groups (broad SMARTS) is 1. The number of methoxy groups -OCH3 is 1. The first-order valence-corrected chi connectivity index (χ1v) is 45.9. The molecule has 0 spiro atoms. The fourth-order valence-electron chi connectivity index (χ4n) is 14.2. The van der Waals surface area contributed by atoms with E-state index in [1.165, 1.54) is 46.7 Å². The Kier molecular flexibility index (Phi) is 31.3.